The molecule has 0 unspecified atom stereocenters. The van der Waals surface area contributed by atoms with Crippen LogP contribution in [0.15, 0.2) is 17.2 Å². The van der Waals surface area contributed by atoms with Gasteiger partial charge in [-0.25, -0.2) is 0 Å². The Morgan fingerprint density at radius 3 is 2.47 bits per heavy atom. The van der Waals surface area contributed by atoms with Gasteiger partial charge in [-0.2, -0.15) is 0 Å². The predicted octanol–water partition coefficient (Wildman–Crippen LogP) is 0.669. The molecule has 0 amide bonds. The largest absolute Gasteiger partial charge is 0.504 e. The highest BCUT2D eigenvalue weighted by atomic mass is 16.8. The van der Waals surface area contributed by atoms with Crippen LogP contribution in [0.4, 0.5) is 0 Å². The number of hydrogen-bond donors (Lipinski definition) is 6. The van der Waals surface area contributed by atoms with Gasteiger partial charge in [0.1, 0.15) is 18.3 Å². The number of rotatable bonds is 6. The smallest absolute Gasteiger partial charge is 0.231 e. The van der Waals surface area contributed by atoms with Crippen LogP contribution in [-0.2, 0) is 21.3 Å². The van der Waals surface area contributed by atoms with E-state index in [1.165, 1.54) is 7.11 Å². The van der Waals surface area contributed by atoms with Crippen molar-refractivity contribution in [1.82, 2.24) is 0 Å². The summed E-state index contributed by atoms with van der Waals surface area (Å²) < 4.78 is 16.5. The number of fused-ring (bicyclic) bond motifs is 3. The van der Waals surface area contributed by atoms with E-state index in [-0.39, 0.29) is 42.6 Å². The predicted molar refractivity (Wildman–Crippen MR) is 127 cm³/mol. The fraction of sp³-hybridized carbons (Fsp3) is 0.654. The van der Waals surface area contributed by atoms with Crippen LogP contribution < -0.4 is 4.74 Å². The van der Waals surface area contributed by atoms with Gasteiger partial charge in [-0.1, -0.05) is 12.5 Å². The van der Waals surface area contributed by atoms with Gasteiger partial charge in [-0.15, -0.1) is 0 Å². The standard InChI is InChI=1S/C26H36O10/c1-11(28)7-14-8-15-17(29)9-16-12(2)13(10-27)5-6-26(16,3)18(15)19(30)23(14)35-25-22(33)20(31)21(32)24(34-4)36-25/h8,11,16,20-22,24-25,27-28,30-33H,5-7,9-10H2,1-4H3/t11-,16-,20-,21-,22+,24-,25+,26-/m0/s1. The van der Waals surface area contributed by atoms with Gasteiger partial charge >= 0.3 is 0 Å². The number of allylic oxidation sites excluding steroid dienone is 1. The van der Waals surface area contributed by atoms with Crippen LogP contribution in [0.3, 0.4) is 0 Å². The average Bonchev–Trinajstić information content (AvgIpc) is 2.82. The Bertz CT molecular complexity index is 1050. The number of carbonyl (C=O) groups excluding carboxylic acids is 1. The van der Waals surface area contributed by atoms with Gasteiger partial charge in [0.2, 0.25) is 6.29 Å². The molecule has 0 radical (unpaired) electrons. The molecule has 36 heavy (non-hydrogen) atoms. The average molecular weight is 509 g/mol. The number of ketones is 1. The van der Waals surface area contributed by atoms with Crippen molar-refractivity contribution in [2.75, 3.05) is 13.7 Å². The first-order chi connectivity index (χ1) is 16.9. The van der Waals surface area contributed by atoms with Crippen molar-refractivity contribution < 1.29 is 49.6 Å². The number of ether oxygens (including phenoxy) is 3. The van der Waals surface area contributed by atoms with Crippen molar-refractivity contribution in [3.05, 3.63) is 33.9 Å². The van der Waals surface area contributed by atoms with E-state index in [2.05, 4.69) is 0 Å². The summed E-state index contributed by atoms with van der Waals surface area (Å²) >= 11 is 0. The molecule has 0 saturated carbocycles. The summed E-state index contributed by atoms with van der Waals surface area (Å²) in [7, 11) is 1.26. The number of aliphatic hydroxyl groups excluding tert-OH is 5. The molecule has 1 aromatic rings. The third kappa shape index (κ3) is 4.34. The molecule has 0 spiro atoms. The van der Waals surface area contributed by atoms with Gasteiger partial charge in [-0.3, -0.25) is 4.79 Å². The lowest BCUT2D eigenvalue weighted by Crippen LogP contribution is -2.59. The molecule has 1 heterocycles. The van der Waals surface area contributed by atoms with E-state index in [0.29, 0.717) is 29.5 Å². The maximum Gasteiger partial charge on any atom is 0.231 e. The number of benzene rings is 1. The SMILES string of the molecule is CO[C@H]1O[C@@H](Oc2c(C[C@H](C)O)cc3c(c2O)[C@@]2(C)CCC(CO)=C(C)[C@@H]2CC3=O)[C@H](O)[C@@H](O)[C@@H]1O. The Morgan fingerprint density at radius 2 is 1.86 bits per heavy atom. The minimum Gasteiger partial charge on any atom is -0.504 e. The molecule has 200 valence electrons. The minimum absolute atomic E-state index is 0.0406. The first-order valence-corrected chi connectivity index (χ1v) is 12.2. The van der Waals surface area contributed by atoms with Crippen molar-refractivity contribution in [3.8, 4) is 11.5 Å². The number of hydrogen-bond acceptors (Lipinski definition) is 10. The van der Waals surface area contributed by atoms with Gasteiger partial charge in [0.25, 0.3) is 0 Å². The monoisotopic (exact) mass is 508 g/mol. The Kier molecular flexibility index (Phi) is 7.51. The van der Waals surface area contributed by atoms with Crippen LogP contribution in [0.1, 0.15) is 61.5 Å². The number of phenolic OH excluding ortho intramolecular Hbond substituents is 1. The van der Waals surface area contributed by atoms with Crippen LogP contribution in [0.2, 0.25) is 0 Å². The molecule has 0 bridgehead atoms. The zero-order valence-corrected chi connectivity index (χ0v) is 21.0. The van der Waals surface area contributed by atoms with Crippen molar-refractivity contribution in [3.63, 3.8) is 0 Å². The molecule has 1 fully saturated rings. The lowest BCUT2D eigenvalue weighted by atomic mass is 9.56. The summed E-state index contributed by atoms with van der Waals surface area (Å²) in [5.74, 6) is -0.761. The van der Waals surface area contributed by atoms with Crippen LogP contribution in [0.5, 0.6) is 11.5 Å². The third-order valence-corrected chi connectivity index (χ3v) is 8.09. The zero-order chi connectivity index (χ0) is 26.5. The Morgan fingerprint density at radius 1 is 1.19 bits per heavy atom. The van der Waals surface area contributed by atoms with Crippen LogP contribution in [0, 0.1) is 5.92 Å². The first-order valence-electron chi connectivity index (χ1n) is 12.2. The van der Waals surface area contributed by atoms with Gasteiger partial charge in [0.15, 0.2) is 23.6 Å². The topological polar surface area (TPSA) is 166 Å². The second-order valence-electron chi connectivity index (χ2n) is 10.4. The third-order valence-electron chi connectivity index (χ3n) is 8.09. The quantitative estimate of drug-likeness (QED) is 0.301. The highest BCUT2D eigenvalue weighted by Crippen LogP contribution is 2.56. The molecule has 8 atom stereocenters. The number of methoxy groups -OCH3 is 1. The number of carbonyl (C=O) groups is 1. The van der Waals surface area contributed by atoms with Gasteiger partial charge in [0.05, 0.1) is 12.7 Å². The lowest BCUT2D eigenvalue weighted by molar-refractivity contribution is -0.327. The lowest BCUT2D eigenvalue weighted by Gasteiger charge is -2.47. The number of phenols is 1. The summed E-state index contributed by atoms with van der Waals surface area (Å²) in [6.07, 6.45) is -7.00. The Hall–Kier alpha value is -2.05. The van der Waals surface area contributed by atoms with Gasteiger partial charge in [-0.05, 0) is 44.2 Å². The maximum atomic E-state index is 13.3. The molecular formula is C26H36O10. The van der Waals surface area contributed by atoms with Crippen LogP contribution >= 0.6 is 0 Å². The van der Waals surface area contributed by atoms with E-state index < -0.39 is 42.4 Å². The second kappa shape index (κ2) is 10.0. The normalized spacial score (nSPS) is 35.3. The highest BCUT2D eigenvalue weighted by molar-refractivity contribution is 6.01. The van der Waals surface area contributed by atoms with E-state index in [4.69, 9.17) is 14.2 Å². The van der Waals surface area contributed by atoms with Crippen LogP contribution in [-0.4, -0.2) is 87.1 Å². The maximum absolute atomic E-state index is 13.3. The fourth-order valence-electron chi connectivity index (χ4n) is 6.01. The molecule has 1 saturated heterocycles. The summed E-state index contributed by atoms with van der Waals surface area (Å²) in [6.45, 7) is 5.36. The molecular weight excluding hydrogens is 472 g/mol. The second-order valence-corrected chi connectivity index (χ2v) is 10.4. The Balaban J connectivity index is 1.84. The summed E-state index contributed by atoms with van der Waals surface area (Å²) in [5, 5.41) is 62.4. The highest BCUT2D eigenvalue weighted by Gasteiger charge is 2.50. The van der Waals surface area contributed by atoms with Crippen molar-refractivity contribution in [2.45, 2.75) is 88.9 Å². The molecule has 3 aliphatic rings. The first kappa shape index (κ1) is 27.0. The fourth-order valence-corrected chi connectivity index (χ4v) is 6.01. The molecule has 10 heteroatoms. The van der Waals surface area contributed by atoms with Crippen molar-refractivity contribution >= 4 is 5.78 Å². The van der Waals surface area contributed by atoms with Crippen LogP contribution in [0.25, 0.3) is 0 Å². The van der Waals surface area contributed by atoms with Crippen molar-refractivity contribution in [1.29, 1.82) is 0 Å². The molecule has 2 aliphatic carbocycles. The summed E-state index contributed by atoms with van der Waals surface area (Å²) in [4.78, 5) is 13.3. The minimum atomic E-state index is -1.67. The van der Waals surface area contributed by atoms with E-state index in [9.17, 15) is 35.4 Å². The summed E-state index contributed by atoms with van der Waals surface area (Å²) in [6, 6.07) is 1.61. The molecule has 1 aromatic carbocycles. The summed E-state index contributed by atoms with van der Waals surface area (Å²) in [5.41, 5.74) is 2.30. The number of aromatic hydroxyl groups is 1. The molecule has 0 aromatic heterocycles. The zero-order valence-electron chi connectivity index (χ0n) is 21.0. The van der Waals surface area contributed by atoms with E-state index in [1.54, 1.807) is 13.0 Å². The van der Waals surface area contributed by atoms with Crippen molar-refractivity contribution in [2.24, 2.45) is 5.92 Å². The molecule has 1 aliphatic heterocycles. The number of aliphatic hydroxyl groups is 5. The molecule has 4 rings (SSSR count). The van der Waals surface area contributed by atoms with E-state index >= 15 is 0 Å². The van der Waals surface area contributed by atoms with E-state index in [1.807, 2.05) is 13.8 Å². The molecule has 6 N–H and O–H groups in total. The van der Waals surface area contributed by atoms with E-state index in [0.717, 1.165) is 11.1 Å². The van der Waals surface area contributed by atoms with Gasteiger partial charge < -0.3 is 44.8 Å². The van der Waals surface area contributed by atoms with Gasteiger partial charge in [0, 0.05) is 42.1 Å². The molecule has 10 nitrogen and oxygen atoms in total. The number of Topliss-reactive ketones (excluding diaryl/α,β-unsaturated/α-hetero) is 1. The Labute approximate surface area is 209 Å².